The van der Waals surface area contributed by atoms with Gasteiger partial charge in [-0.15, -0.1) is 0 Å². The summed E-state index contributed by atoms with van der Waals surface area (Å²) in [6, 6.07) is 0. The summed E-state index contributed by atoms with van der Waals surface area (Å²) in [5, 5.41) is 0. The molecule has 0 bridgehead atoms. The molecule has 8 heteroatoms. The van der Waals surface area contributed by atoms with Crippen LogP contribution in [0.2, 0.25) is 0 Å². The molecule has 3 heterocycles. The third-order valence-electron chi connectivity index (χ3n) is 3.36. The van der Waals surface area contributed by atoms with E-state index >= 15 is 0 Å². The fourth-order valence-corrected chi connectivity index (χ4v) is 2.17. The summed E-state index contributed by atoms with van der Waals surface area (Å²) in [4.78, 5) is 36.7. The summed E-state index contributed by atoms with van der Waals surface area (Å²) >= 11 is 0. The van der Waals surface area contributed by atoms with E-state index in [0.29, 0.717) is 23.5 Å². The Balaban J connectivity index is 2.19. The van der Waals surface area contributed by atoms with E-state index in [9.17, 15) is 9.59 Å². The van der Waals surface area contributed by atoms with Crippen molar-refractivity contribution in [1.82, 2.24) is 28.7 Å². The van der Waals surface area contributed by atoms with Gasteiger partial charge >= 0.3 is 5.69 Å². The molecule has 3 aromatic heterocycles. The second-order valence-corrected chi connectivity index (χ2v) is 4.93. The molecule has 8 nitrogen and oxygen atoms in total. The van der Waals surface area contributed by atoms with Gasteiger partial charge in [0.2, 0.25) is 0 Å². The number of rotatable bonds is 2. The van der Waals surface area contributed by atoms with Gasteiger partial charge in [-0.05, 0) is 12.5 Å². The van der Waals surface area contributed by atoms with E-state index in [1.54, 1.807) is 24.0 Å². The van der Waals surface area contributed by atoms with E-state index < -0.39 is 5.69 Å². The number of hydrogen-bond acceptors (Lipinski definition) is 5. The smallest absolute Gasteiger partial charge is 0.317 e. The molecule has 0 atom stereocenters. The standard InChI is InChI=1S/C13H14N6O2/c1-8-4-14-9(15-5-8)6-19-7-16-11-10(19)12(20)18(3)13(21)17(11)2/h4-5,7H,6H2,1-3H3. The molecule has 3 rings (SSSR count). The average Bonchev–Trinajstić information content (AvgIpc) is 2.89. The lowest BCUT2D eigenvalue weighted by Gasteiger charge is -2.06. The molecule has 0 saturated carbocycles. The third-order valence-corrected chi connectivity index (χ3v) is 3.36. The minimum atomic E-state index is -0.399. The second kappa shape index (κ2) is 4.65. The van der Waals surface area contributed by atoms with Gasteiger partial charge in [0, 0.05) is 26.5 Å². The van der Waals surface area contributed by atoms with Crippen LogP contribution in [0, 0.1) is 6.92 Å². The lowest BCUT2D eigenvalue weighted by atomic mass is 10.4. The molecule has 0 spiro atoms. The van der Waals surface area contributed by atoms with Crippen LogP contribution in [0.3, 0.4) is 0 Å². The number of fused-ring (bicyclic) bond motifs is 1. The van der Waals surface area contributed by atoms with Crippen LogP contribution >= 0.6 is 0 Å². The molecular formula is C13H14N6O2. The quantitative estimate of drug-likeness (QED) is 0.638. The predicted octanol–water partition coefficient (Wildman–Crippen LogP) is -0.420. The fourth-order valence-electron chi connectivity index (χ4n) is 2.17. The molecule has 0 N–H and O–H groups in total. The molecule has 108 valence electrons. The molecule has 0 aliphatic heterocycles. The van der Waals surface area contributed by atoms with E-state index in [-0.39, 0.29) is 5.56 Å². The van der Waals surface area contributed by atoms with Crippen molar-refractivity contribution in [3.05, 3.63) is 50.9 Å². The minimum absolute atomic E-state index is 0.324. The van der Waals surface area contributed by atoms with Crippen LogP contribution in [0.1, 0.15) is 11.4 Å². The van der Waals surface area contributed by atoms with Crippen LogP contribution in [-0.2, 0) is 20.6 Å². The summed E-state index contributed by atoms with van der Waals surface area (Å²) < 4.78 is 4.07. The SMILES string of the molecule is Cc1cnc(Cn2cnc3c2c(=O)n(C)c(=O)n3C)nc1. The Bertz CT molecular complexity index is 932. The number of nitrogens with zero attached hydrogens (tertiary/aromatic N) is 6. The zero-order valence-corrected chi connectivity index (χ0v) is 11.9. The van der Waals surface area contributed by atoms with Gasteiger partial charge in [-0.3, -0.25) is 13.9 Å². The maximum atomic E-state index is 12.3. The molecule has 0 fully saturated rings. The molecule has 0 unspecified atom stereocenters. The highest BCUT2D eigenvalue weighted by Crippen LogP contribution is 2.07. The van der Waals surface area contributed by atoms with Crippen molar-refractivity contribution in [1.29, 1.82) is 0 Å². The molecule has 0 aliphatic rings. The van der Waals surface area contributed by atoms with Crippen LogP contribution < -0.4 is 11.2 Å². The average molecular weight is 286 g/mol. The van der Waals surface area contributed by atoms with Crippen molar-refractivity contribution in [3.63, 3.8) is 0 Å². The molecule has 21 heavy (non-hydrogen) atoms. The molecule has 0 saturated heterocycles. The van der Waals surface area contributed by atoms with Crippen molar-refractivity contribution in [2.24, 2.45) is 14.1 Å². The maximum absolute atomic E-state index is 12.3. The minimum Gasteiger partial charge on any atom is -0.317 e. The van der Waals surface area contributed by atoms with Gasteiger partial charge < -0.3 is 4.57 Å². The first-order chi connectivity index (χ1) is 9.99. The Hall–Kier alpha value is -2.77. The molecule has 3 aromatic rings. The first kappa shape index (κ1) is 13.2. The Morgan fingerprint density at radius 3 is 2.38 bits per heavy atom. The molecule has 0 aliphatic carbocycles. The Morgan fingerprint density at radius 1 is 1.05 bits per heavy atom. The molecule has 0 radical (unpaired) electrons. The summed E-state index contributed by atoms with van der Waals surface area (Å²) in [5.74, 6) is 0.579. The van der Waals surface area contributed by atoms with Crippen LogP contribution in [0.15, 0.2) is 28.3 Å². The van der Waals surface area contributed by atoms with Gasteiger partial charge in [-0.2, -0.15) is 0 Å². The van der Waals surface area contributed by atoms with Gasteiger partial charge in [0.05, 0.1) is 12.9 Å². The molecule has 0 amide bonds. The lowest BCUT2D eigenvalue weighted by molar-refractivity contribution is 0.698. The van der Waals surface area contributed by atoms with Crippen LogP contribution in [0.25, 0.3) is 11.2 Å². The van der Waals surface area contributed by atoms with E-state index in [1.807, 2.05) is 6.92 Å². The van der Waals surface area contributed by atoms with Crippen LogP contribution in [0.5, 0.6) is 0 Å². The topological polar surface area (TPSA) is 87.6 Å². The van der Waals surface area contributed by atoms with Gasteiger partial charge in [0.15, 0.2) is 11.2 Å². The van der Waals surface area contributed by atoms with Crippen LogP contribution in [0.4, 0.5) is 0 Å². The molecule has 0 aromatic carbocycles. The number of hydrogen-bond donors (Lipinski definition) is 0. The maximum Gasteiger partial charge on any atom is 0.332 e. The monoisotopic (exact) mass is 286 g/mol. The van der Waals surface area contributed by atoms with Gasteiger partial charge in [-0.25, -0.2) is 19.7 Å². The second-order valence-electron chi connectivity index (χ2n) is 4.93. The first-order valence-corrected chi connectivity index (χ1v) is 6.37. The summed E-state index contributed by atoms with van der Waals surface area (Å²) in [6.45, 7) is 2.23. The van der Waals surface area contributed by atoms with Gasteiger partial charge in [-0.1, -0.05) is 0 Å². The Morgan fingerprint density at radius 2 is 1.71 bits per heavy atom. The highest BCUT2D eigenvalue weighted by atomic mass is 16.2. The van der Waals surface area contributed by atoms with Gasteiger partial charge in [0.25, 0.3) is 5.56 Å². The van der Waals surface area contributed by atoms with Crippen molar-refractivity contribution in [2.45, 2.75) is 13.5 Å². The zero-order valence-electron chi connectivity index (χ0n) is 11.9. The summed E-state index contributed by atoms with van der Waals surface area (Å²) in [7, 11) is 3.04. The number of aryl methyl sites for hydroxylation is 2. The van der Waals surface area contributed by atoms with E-state index in [1.165, 1.54) is 17.9 Å². The first-order valence-electron chi connectivity index (χ1n) is 6.37. The van der Waals surface area contributed by atoms with Crippen molar-refractivity contribution in [2.75, 3.05) is 0 Å². The summed E-state index contributed by atoms with van der Waals surface area (Å²) in [5.41, 5.74) is 0.911. The predicted molar refractivity (Wildman–Crippen MR) is 76.1 cm³/mol. The van der Waals surface area contributed by atoms with Gasteiger partial charge in [0.1, 0.15) is 5.82 Å². The van der Waals surface area contributed by atoms with Crippen LogP contribution in [-0.4, -0.2) is 28.7 Å². The normalized spacial score (nSPS) is 11.2. The summed E-state index contributed by atoms with van der Waals surface area (Å²) in [6.07, 6.45) is 4.96. The molecular weight excluding hydrogens is 272 g/mol. The van der Waals surface area contributed by atoms with E-state index in [0.717, 1.165) is 10.1 Å². The Kier molecular flexibility index (Phi) is 2.93. The fraction of sp³-hybridized carbons (Fsp3) is 0.308. The van der Waals surface area contributed by atoms with E-state index in [4.69, 9.17) is 0 Å². The van der Waals surface area contributed by atoms with Crippen molar-refractivity contribution in [3.8, 4) is 0 Å². The van der Waals surface area contributed by atoms with Crippen molar-refractivity contribution >= 4 is 11.2 Å². The van der Waals surface area contributed by atoms with Crippen molar-refractivity contribution < 1.29 is 0 Å². The zero-order chi connectivity index (χ0) is 15.1. The number of imidazole rings is 1. The van der Waals surface area contributed by atoms with E-state index in [2.05, 4.69) is 15.0 Å². The third kappa shape index (κ3) is 2.04. The number of aromatic nitrogens is 6. The highest BCUT2D eigenvalue weighted by molar-refractivity contribution is 5.70. The highest BCUT2D eigenvalue weighted by Gasteiger charge is 2.14. The largest absolute Gasteiger partial charge is 0.332 e. The lowest BCUT2D eigenvalue weighted by Crippen LogP contribution is -2.37. The Labute approximate surface area is 119 Å².